The number of rotatable bonds is 12. The summed E-state index contributed by atoms with van der Waals surface area (Å²) in [7, 11) is 0. The van der Waals surface area contributed by atoms with Crippen molar-refractivity contribution in [3.63, 3.8) is 0 Å². The minimum absolute atomic E-state index is 0.0586. The van der Waals surface area contributed by atoms with Crippen LogP contribution in [0.1, 0.15) is 30.6 Å². The number of halogens is 3. The van der Waals surface area contributed by atoms with Crippen molar-refractivity contribution in [2.75, 3.05) is 32.7 Å². The smallest absolute Gasteiger partial charge is 0.405 e. The number of carbonyl (C=O) groups is 2. The molecule has 3 heterocycles. The van der Waals surface area contributed by atoms with E-state index in [0.717, 1.165) is 5.56 Å². The number of nitrogens with zero attached hydrogens (tertiary/aromatic N) is 3. The molecule has 1 aromatic carbocycles. The summed E-state index contributed by atoms with van der Waals surface area (Å²) in [5.41, 5.74) is 1.72. The quantitative estimate of drug-likeness (QED) is 0.328. The van der Waals surface area contributed by atoms with E-state index < -0.39 is 24.7 Å². The number of aromatic nitrogens is 1. The van der Waals surface area contributed by atoms with Crippen molar-refractivity contribution >= 4 is 11.8 Å². The van der Waals surface area contributed by atoms with Gasteiger partial charge in [-0.1, -0.05) is 36.4 Å². The lowest BCUT2D eigenvalue weighted by Gasteiger charge is -2.40. The number of nitrogens with one attached hydrogen (secondary N) is 2. The zero-order valence-electron chi connectivity index (χ0n) is 22.2. The van der Waals surface area contributed by atoms with Crippen LogP contribution in [0.25, 0.3) is 11.5 Å². The second kappa shape index (κ2) is 14.1. The van der Waals surface area contributed by atoms with Gasteiger partial charge in [0.05, 0.1) is 6.54 Å². The first-order valence-electron chi connectivity index (χ1n) is 13.4. The maximum atomic E-state index is 12.8. The first kappa shape index (κ1) is 29.3. The number of hydrogen-bond donors (Lipinski definition) is 2. The molecule has 0 bridgehead atoms. The molecule has 1 atom stereocenters. The normalized spacial score (nSPS) is 16.5. The molecule has 214 valence electrons. The summed E-state index contributed by atoms with van der Waals surface area (Å²) in [5, 5.41) is 4.94. The number of piperazine rings is 1. The third kappa shape index (κ3) is 9.20. The molecule has 1 aliphatic rings. The molecule has 0 aliphatic carbocycles. The van der Waals surface area contributed by atoms with Crippen molar-refractivity contribution in [2.24, 2.45) is 0 Å². The predicted octanol–water partition coefficient (Wildman–Crippen LogP) is 3.99. The second-order valence-corrected chi connectivity index (χ2v) is 9.82. The van der Waals surface area contributed by atoms with E-state index in [9.17, 15) is 22.8 Å². The third-order valence-electron chi connectivity index (χ3n) is 6.73. The lowest BCUT2D eigenvalue weighted by molar-refractivity contribution is -0.143. The Bertz CT molecular complexity index is 1220. The molecular weight excluding hydrogens is 523 g/mol. The molecule has 4 rings (SSSR count). The van der Waals surface area contributed by atoms with Crippen LogP contribution in [0, 0.1) is 0 Å². The third-order valence-corrected chi connectivity index (χ3v) is 6.73. The standard InChI is InChI=1S/C29H34F3N5O3/c30-29(31,32)21-35-28(39)25-20-36(19-23-12-13-26(40-23)24-10-4-6-14-33-24)16-17-37(25)15-7-5-11-27(38)34-18-22-8-2-1-3-9-22/h1-4,6,8-10,12-14,25H,5,7,11,15-21H2,(H,34,38)(H,35,39). The summed E-state index contributed by atoms with van der Waals surface area (Å²) in [6.45, 7) is 1.42. The van der Waals surface area contributed by atoms with Crippen molar-refractivity contribution in [2.45, 2.75) is 44.6 Å². The molecule has 0 saturated carbocycles. The molecule has 11 heteroatoms. The molecule has 0 spiro atoms. The zero-order chi connectivity index (χ0) is 28.4. The van der Waals surface area contributed by atoms with E-state index in [1.54, 1.807) is 6.20 Å². The van der Waals surface area contributed by atoms with E-state index in [-0.39, 0.29) is 12.5 Å². The molecule has 1 saturated heterocycles. The number of carbonyl (C=O) groups excluding carboxylic acids is 2. The van der Waals surface area contributed by atoms with E-state index >= 15 is 0 Å². The second-order valence-electron chi connectivity index (χ2n) is 9.82. The van der Waals surface area contributed by atoms with E-state index in [2.05, 4.69) is 10.3 Å². The van der Waals surface area contributed by atoms with Gasteiger partial charge in [-0.3, -0.25) is 24.4 Å². The summed E-state index contributed by atoms with van der Waals surface area (Å²) in [4.78, 5) is 33.2. The Kier molecular flexibility index (Phi) is 10.3. The predicted molar refractivity (Wildman–Crippen MR) is 144 cm³/mol. The SMILES string of the molecule is O=C(CCCCN1CCN(Cc2ccc(-c3ccccn3)o2)CC1C(=O)NCC(F)(F)F)NCc1ccccc1. The number of amides is 2. The Morgan fingerprint density at radius 2 is 1.77 bits per heavy atom. The van der Waals surface area contributed by atoms with Gasteiger partial charge in [0.1, 0.15) is 24.0 Å². The molecule has 2 aromatic heterocycles. The van der Waals surface area contributed by atoms with Crippen LogP contribution in [-0.2, 0) is 22.7 Å². The van der Waals surface area contributed by atoms with Gasteiger partial charge in [0.25, 0.3) is 0 Å². The number of pyridine rings is 1. The summed E-state index contributed by atoms with van der Waals surface area (Å²) < 4.78 is 44.3. The number of benzene rings is 1. The number of hydrogen-bond acceptors (Lipinski definition) is 6. The van der Waals surface area contributed by atoms with Gasteiger partial charge in [-0.05, 0) is 49.2 Å². The van der Waals surface area contributed by atoms with Gasteiger partial charge in [0.2, 0.25) is 11.8 Å². The maximum Gasteiger partial charge on any atom is 0.405 e. The molecule has 1 unspecified atom stereocenters. The van der Waals surface area contributed by atoms with Gasteiger partial charge >= 0.3 is 6.18 Å². The fourth-order valence-corrected chi connectivity index (χ4v) is 4.66. The Hall–Kier alpha value is -3.70. The molecule has 2 amide bonds. The fraction of sp³-hybridized carbons (Fsp3) is 0.414. The summed E-state index contributed by atoms with van der Waals surface area (Å²) in [6, 6.07) is 18.1. The molecule has 3 aromatic rings. The lowest BCUT2D eigenvalue weighted by atomic mass is 10.1. The van der Waals surface area contributed by atoms with Crippen molar-refractivity contribution in [3.8, 4) is 11.5 Å². The van der Waals surface area contributed by atoms with Gasteiger partial charge in [-0.2, -0.15) is 13.2 Å². The van der Waals surface area contributed by atoms with Crippen LogP contribution in [-0.4, -0.2) is 71.5 Å². The highest BCUT2D eigenvalue weighted by Crippen LogP contribution is 2.22. The van der Waals surface area contributed by atoms with Gasteiger partial charge < -0.3 is 15.1 Å². The van der Waals surface area contributed by atoms with Gasteiger partial charge in [0.15, 0.2) is 5.76 Å². The van der Waals surface area contributed by atoms with Crippen molar-refractivity contribution in [3.05, 3.63) is 78.2 Å². The highest BCUT2D eigenvalue weighted by atomic mass is 19.4. The largest absolute Gasteiger partial charge is 0.458 e. The molecule has 1 aliphatic heterocycles. The van der Waals surface area contributed by atoms with Crippen LogP contribution < -0.4 is 10.6 Å². The van der Waals surface area contributed by atoms with Gasteiger partial charge in [0, 0.05) is 38.8 Å². The summed E-state index contributed by atoms with van der Waals surface area (Å²) in [5.74, 6) is 0.597. The summed E-state index contributed by atoms with van der Waals surface area (Å²) in [6.07, 6.45) is -1.21. The number of alkyl halides is 3. The van der Waals surface area contributed by atoms with Crippen LogP contribution in [0.3, 0.4) is 0 Å². The van der Waals surface area contributed by atoms with Crippen molar-refractivity contribution in [1.82, 2.24) is 25.4 Å². The molecule has 0 radical (unpaired) electrons. The Labute approximate surface area is 231 Å². The Morgan fingerprint density at radius 1 is 0.975 bits per heavy atom. The monoisotopic (exact) mass is 557 g/mol. The Balaban J connectivity index is 1.28. The van der Waals surface area contributed by atoms with Gasteiger partial charge in [-0.25, -0.2) is 0 Å². The van der Waals surface area contributed by atoms with Gasteiger partial charge in [-0.15, -0.1) is 0 Å². The number of unbranched alkanes of at least 4 members (excludes halogenated alkanes) is 1. The highest BCUT2D eigenvalue weighted by Gasteiger charge is 2.35. The molecule has 8 nitrogen and oxygen atoms in total. The van der Waals surface area contributed by atoms with Crippen molar-refractivity contribution < 1.29 is 27.2 Å². The van der Waals surface area contributed by atoms with E-state index in [0.29, 0.717) is 69.2 Å². The van der Waals surface area contributed by atoms with Crippen LogP contribution in [0.2, 0.25) is 0 Å². The minimum atomic E-state index is -4.49. The molecular formula is C29H34F3N5O3. The summed E-state index contributed by atoms with van der Waals surface area (Å²) >= 11 is 0. The topological polar surface area (TPSA) is 90.7 Å². The fourth-order valence-electron chi connectivity index (χ4n) is 4.66. The lowest BCUT2D eigenvalue weighted by Crippen LogP contribution is -2.59. The van der Waals surface area contributed by atoms with E-state index in [4.69, 9.17) is 4.42 Å². The van der Waals surface area contributed by atoms with Crippen LogP contribution in [0.5, 0.6) is 0 Å². The maximum absolute atomic E-state index is 12.8. The van der Waals surface area contributed by atoms with Crippen LogP contribution in [0.4, 0.5) is 13.2 Å². The molecule has 1 fully saturated rings. The Morgan fingerprint density at radius 3 is 2.52 bits per heavy atom. The average Bonchev–Trinajstić information content (AvgIpc) is 3.42. The van der Waals surface area contributed by atoms with E-state index in [1.165, 1.54) is 0 Å². The van der Waals surface area contributed by atoms with Crippen molar-refractivity contribution in [1.29, 1.82) is 0 Å². The highest BCUT2D eigenvalue weighted by molar-refractivity contribution is 5.82. The van der Waals surface area contributed by atoms with Crippen LogP contribution in [0.15, 0.2) is 71.3 Å². The first-order valence-corrected chi connectivity index (χ1v) is 13.4. The zero-order valence-corrected chi connectivity index (χ0v) is 22.2. The number of furan rings is 1. The molecule has 2 N–H and O–H groups in total. The first-order chi connectivity index (χ1) is 19.3. The molecule has 40 heavy (non-hydrogen) atoms. The minimum Gasteiger partial charge on any atom is -0.458 e. The average molecular weight is 558 g/mol. The van der Waals surface area contributed by atoms with E-state index in [1.807, 2.05) is 75.8 Å². The van der Waals surface area contributed by atoms with Crippen LogP contribution >= 0.6 is 0 Å².